The number of aromatic nitrogens is 1. The van der Waals surface area contributed by atoms with E-state index in [9.17, 15) is 13.2 Å². The largest absolute Gasteiger partial charge is 0.348 e. The van der Waals surface area contributed by atoms with Crippen LogP contribution in [0.5, 0.6) is 0 Å². The molecule has 6 nitrogen and oxygen atoms in total. The van der Waals surface area contributed by atoms with E-state index in [-0.39, 0.29) is 5.91 Å². The van der Waals surface area contributed by atoms with Gasteiger partial charge in [0, 0.05) is 24.5 Å². The van der Waals surface area contributed by atoms with Crippen molar-refractivity contribution >= 4 is 21.6 Å². The second kappa shape index (κ2) is 6.57. The van der Waals surface area contributed by atoms with Gasteiger partial charge in [-0.2, -0.15) is 0 Å². The van der Waals surface area contributed by atoms with Crippen molar-refractivity contribution in [2.24, 2.45) is 0 Å². The topological polar surface area (TPSA) is 88.2 Å². The van der Waals surface area contributed by atoms with Crippen LogP contribution in [0.2, 0.25) is 0 Å². The highest BCUT2D eigenvalue weighted by Gasteiger charge is 2.10. The normalized spacial score (nSPS) is 11.0. The van der Waals surface area contributed by atoms with E-state index >= 15 is 0 Å². The average Bonchev–Trinajstić information content (AvgIpc) is 2.46. The van der Waals surface area contributed by atoms with Crippen LogP contribution in [-0.2, 0) is 16.6 Å². The maximum absolute atomic E-state index is 12.1. The molecule has 0 saturated heterocycles. The zero-order valence-corrected chi connectivity index (χ0v) is 13.1. The number of pyridine rings is 1. The lowest BCUT2D eigenvalue weighted by molar-refractivity contribution is 0.0951. The van der Waals surface area contributed by atoms with Crippen LogP contribution in [-0.4, -0.2) is 25.6 Å². The molecule has 116 valence electrons. The summed E-state index contributed by atoms with van der Waals surface area (Å²) in [5.74, 6) is -0.217. The van der Waals surface area contributed by atoms with Gasteiger partial charge in [-0.05, 0) is 48.4 Å². The number of carbonyl (C=O) groups is 1. The molecule has 1 aromatic carbocycles. The fraction of sp³-hybridized carbons (Fsp3) is 0.200. The summed E-state index contributed by atoms with van der Waals surface area (Å²) in [4.78, 5) is 16.0. The molecule has 0 aliphatic rings. The third kappa shape index (κ3) is 4.56. The number of hydrogen-bond acceptors (Lipinski definition) is 4. The van der Waals surface area contributed by atoms with Crippen molar-refractivity contribution in [1.82, 2.24) is 10.3 Å². The van der Waals surface area contributed by atoms with Crippen molar-refractivity contribution in [3.8, 4) is 0 Å². The average molecular weight is 319 g/mol. The molecule has 0 unspecified atom stereocenters. The smallest absolute Gasteiger partial charge is 0.251 e. The molecule has 0 aliphatic heterocycles. The summed E-state index contributed by atoms with van der Waals surface area (Å²) in [6, 6.07) is 8.46. The number of anilines is 1. The third-order valence-corrected chi connectivity index (χ3v) is 3.58. The minimum atomic E-state index is -3.34. The van der Waals surface area contributed by atoms with E-state index in [1.54, 1.807) is 37.5 Å². The van der Waals surface area contributed by atoms with E-state index in [1.165, 1.54) is 0 Å². The molecule has 0 bridgehead atoms. The Morgan fingerprint density at radius 1 is 1.18 bits per heavy atom. The Morgan fingerprint density at radius 2 is 1.86 bits per heavy atom. The van der Waals surface area contributed by atoms with Gasteiger partial charge in [0.05, 0.1) is 11.9 Å². The van der Waals surface area contributed by atoms with Crippen LogP contribution in [0.4, 0.5) is 5.69 Å². The minimum absolute atomic E-state index is 0.217. The monoisotopic (exact) mass is 319 g/mol. The highest BCUT2D eigenvalue weighted by molar-refractivity contribution is 7.92. The van der Waals surface area contributed by atoms with Crippen LogP contribution in [0, 0.1) is 6.92 Å². The van der Waals surface area contributed by atoms with E-state index in [4.69, 9.17) is 0 Å². The molecule has 2 rings (SSSR count). The maximum Gasteiger partial charge on any atom is 0.251 e. The molecule has 0 aliphatic carbocycles. The molecule has 2 aromatic rings. The third-order valence-electron chi connectivity index (χ3n) is 2.99. The van der Waals surface area contributed by atoms with E-state index < -0.39 is 10.0 Å². The highest BCUT2D eigenvalue weighted by Crippen LogP contribution is 2.17. The summed E-state index contributed by atoms with van der Waals surface area (Å²) in [6.07, 6.45) is 4.41. The Bertz CT molecular complexity index is 774. The van der Waals surface area contributed by atoms with Crippen LogP contribution in [0.1, 0.15) is 21.5 Å². The van der Waals surface area contributed by atoms with Gasteiger partial charge in [-0.1, -0.05) is 0 Å². The first-order valence-electron chi connectivity index (χ1n) is 6.61. The van der Waals surface area contributed by atoms with Crippen molar-refractivity contribution < 1.29 is 13.2 Å². The Hall–Kier alpha value is -2.41. The predicted molar refractivity (Wildman–Crippen MR) is 85.1 cm³/mol. The van der Waals surface area contributed by atoms with Crippen LogP contribution >= 0.6 is 0 Å². The minimum Gasteiger partial charge on any atom is -0.348 e. The van der Waals surface area contributed by atoms with Gasteiger partial charge in [0.2, 0.25) is 10.0 Å². The van der Waals surface area contributed by atoms with Crippen molar-refractivity contribution in [2.75, 3.05) is 11.0 Å². The molecule has 0 fully saturated rings. The first kappa shape index (κ1) is 16.0. The molecule has 22 heavy (non-hydrogen) atoms. The second-order valence-electron chi connectivity index (χ2n) is 4.94. The lowest BCUT2D eigenvalue weighted by atomic mass is 10.1. The Labute approximate surface area is 129 Å². The van der Waals surface area contributed by atoms with E-state index in [2.05, 4.69) is 15.0 Å². The lowest BCUT2D eigenvalue weighted by Crippen LogP contribution is -2.23. The predicted octanol–water partition coefficient (Wildman–Crippen LogP) is 1.69. The molecule has 0 spiro atoms. The van der Waals surface area contributed by atoms with E-state index in [1.807, 2.05) is 12.1 Å². The van der Waals surface area contributed by atoms with Crippen LogP contribution in [0.25, 0.3) is 0 Å². The molecule has 1 heterocycles. The molecular weight excluding hydrogens is 302 g/mol. The number of hydrogen-bond donors (Lipinski definition) is 2. The Balaban J connectivity index is 2.06. The number of rotatable bonds is 5. The number of aryl methyl sites for hydroxylation is 1. The molecule has 7 heteroatoms. The molecule has 1 aromatic heterocycles. The number of amides is 1. The number of carbonyl (C=O) groups excluding carboxylic acids is 1. The Morgan fingerprint density at radius 3 is 2.45 bits per heavy atom. The number of benzene rings is 1. The quantitative estimate of drug-likeness (QED) is 0.878. The fourth-order valence-corrected chi connectivity index (χ4v) is 2.53. The van der Waals surface area contributed by atoms with Gasteiger partial charge in [0.1, 0.15) is 0 Å². The number of nitrogens with one attached hydrogen (secondary N) is 2. The first-order chi connectivity index (χ1) is 10.3. The van der Waals surface area contributed by atoms with Gasteiger partial charge in [0.25, 0.3) is 5.91 Å². The van der Waals surface area contributed by atoms with Crippen molar-refractivity contribution in [3.63, 3.8) is 0 Å². The Kier molecular flexibility index (Phi) is 4.77. The molecule has 0 atom stereocenters. The lowest BCUT2D eigenvalue weighted by Gasteiger charge is -2.10. The zero-order chi connectivity index (χ0) is 16.2. The summed E-state index contributed by atoms with van der Waals surface area (Å²) in [7, 11) is -3.34. The summed E-state index contributed by atoms with van der Waals surface area (Å²) in [6.45, 7) is 2.15. The first-order valence-corrected chi connectivity index (χ1v) is 8.50. The van der Waals surface area contributed by atoms with Gasteiger partial charge in [-0.15, -0.1) is 0 Å². The van der Waals surface area contributed by atoms with Crippen molar-refractivity contribution in [3.05, 3.63) is 59.4 Å². The second-order valence-corrected chi connectivity index (χ2v) is 6.69. The maximum atomic E-state index is 12.1. The van der Waals surface area contributed by atoms with Gasteiger partial charge in [-0.25, -0.2) is 8.42 Å². The van der Waals surface area contributed by atoms with Gasteiger partial charge < -0.3 is 5.32 Å². The zero-order valence-electron chi connectivity index (χ0n) is 12.3. The van der Waals surface area contributed by atoms with Gasteiger partial charge >= 0.3 is 0 Å². The van der Waals surface area contributed by atoms with E-state index in [0.29, 0.717) is 23.4 Å². The van der Waals surface area contributed by atoms with Crippen LogP contribution in [0.15, 0.2) is 42.7 Å². The van der Waals surface area contributed by atoms with Gasteiger partial charge in [0.15, 0.2) is 0 Å². The van der Waals surface area contributed by atoms with Crippen LogP contribution in [0.3, 0.4) is 0 Å². The molecule has 0 saturated carbocycles. The number of sulfonamides is 1. The van der Waals surface area contributed by atoms with Crippen LogP contribution < -0.4 is 10.0 Å². The highest BCUT2D eigenvalue weighted by atomic mass is 32.2. The van der Waals surface area contributed by atoms with Crippen molar-refractivity contribution in [2.45, 2.75) is 13.5 Å². The molecular formula is C15H17N3O3S. The summed E-state index contributed by atoms with van der Waals surface area (Å²) < 4.78 is 24.9. The summed E-state index contributed by atoms with van der Waals surface area (Å²) in [5, 5.41) is 2.80. The molecule has 0 radical (unpaired) electrons. The van der Waals surface area contributed by atoms with Gasteiger partial charge in [-0.3, -0.25) is 14.5 Å². The van der Waals surface area contributed by atoms with E-state index in [0.717, 1.165) is 11.8 Å². The molecule has 2 N–H and O–H groups in total. The number of nitrogens with zero attached hydrogens (tertiary/aromatic N) is 1. The fourth-order valence-electron chi connectivity index (χ4n) is 1.90. The standard InChI is InChI=1S/C15H17N3O3S/c1-11-9-13(3-4-14(11)18-22(2,20)21)15(19)17-10-12-5-7-16-8-6-12/h3-9,18H,10H2,1-2H3,(H,17,19). The summed E-state index contributed by atoms with van der Waals surface area (Å²) >= 11 is 0. The summed E-state index contributed by atoms with van der Waals surface area (Å²) in [5.41, 5.74) is 2.58. The van der Waals surface area contributed by atoms with Crippen molar-refractivity contribution in [1.29, 1.82) is 0 Å². The SMILES string of the molecule is Cc1cc(C(=O)NCc2ccncc2)ccc1NS(C)(=O)=O. The molecule has 1 amide bonds.